The fourth-order valence-electron chi connectivity index (χ4n) is 4.47. The van der Waals surface area contributed by atoms with Gasteiger partial charge in [-0.3, -0.25) is 9.58 Å². The van der Waals surface area contributed by atoms with E-state index in [-0.39, 0.29) is 45.4 Å². The monoisotopic (exact) mass is 641 g/mol. The summed E-state index contributed by atoms with van der Waals surface area (Å²) < 4.78 is 103. The first-order chi connectivity index (χ1) is 20.1. The number of methoxy groups -OCH3 is 1. The van der Waals surface area contributed by atoms with E-state index >= 15 is 8.78 Å². The number of halogens is 6. The van der Waals surface area contributed by atoms with Crippen molar-refractivity contribution in [1.82, 2.24) is 9.55 Å². The van der Waals surface area contributed by atoms with Crippen molar-refractivity contribution in [2.45, 2.75) is 24.6 Å². The summed E-state index contributed by atoms with van der Waals surface area (Å²) >= 11 is 5.99. The maximum atomic E-state index is 16.1. The lowest BCUT2D eigenvalue weighted by Crippen LogP contribution is -2.31. The Hall–Kier alpha value is -3.98. The molecule has 4 aromatic rings. The first-order valence-electron chi connectivity index (χ1n) is 12.3. The molecule has 0 aliphatic heterocycles. The summed E-state index contributed by atoms with van der Waals surface area (Å²) in [6, 6.07) is 10.5. The number of aryl methyl sites for hydroxylation is 1. The van der Waals surface area contributed by atoms with Crippen molar-refractivity contribution in [3.8, 4) is 16.8 Å². The number of sulfone groups is 1. The average Bonchev–Trinajstić information content (AvgIpc) is 3.31. The summed E-state index contributed by atoms with van der Waals surface area (Å²) in [4.78, 5) is 3.14. The minimum absolute atomic E-state index is 0.0410. The van der Waals surface area contributed by atoms with Crippen molar-refractivity contribution in [2.24, 2.45) is 11.6 Å². The third-order valence-electron chi connectivity index (χ3n) is 6.45. The Morgan fingerprint density at radius 2 is 1.70 bits per heavy atom. The molecule has 1 heterocycles. The average molecular weight is 642 g/mol. The molecule has 0 aliphatic rings. The SMILES string of the molecule is COCc1c(F)cc(-c2cc(F)c(-n3cc(C(F)(F)F)nc3C)c(N(N)/C(=C\N)c3ccc(Cl)cc3)c2)cc1S(C)(=O)=O. The van der Waals surface area contributed by atoms with E-state index in [1.54, 1.807) is 24.3 Å². The second-order valence-corrected chi connectivity index (χ2v) is 11.9. The molecule has 15 heteroatoms. The van der Waals surface area contributed by atoms with Crippen LogP contribution in [0.5, 0.6) is 0 Å². The molecule has 0 unspecified atom stereocenters. The normalized spacial score (nSPS) is 12.6. The molecule has 0 saturated carbocycles. The fourth-order valence-corrected chi connectivity index (χ4v) is 5.54. The third-order valence-corrected chi connectivity index (χ3v) is 7.87. The molecule has 0 atom stereocenters. The number of hydrogen-bond donors (Lipinski definition) is 2. The number of ether oxygens (including phenoxy) is 1. The van der Waals surface area contributed by atoms with E-state index in [4.69, 9.17) is 27.9 Å². The number of hydrogen-bond acceptors (Lipinski definition) is 7. The van der Waals surface area contributed by atoms with Crippen LogP contribution in [0, 0.1) is 18.6 Å². The molecular weight excluding hydrogens is 617 g/mol. The molecule has 43 heavy (non-hydrogen) atoms. The van der Waals surface area contributed by atoms with E-state index < -0.39 is 39.0 Å². The Balaban J connectivity index is 2.02. The Morgan fingerprint density at radius 3 is 2.23 bits per heavy atom. The molecule has 8 nitrogen and oxygen atoms in total. The molecule has 4 N–H and O–H groups in total. The Labute approximate surface area is 248 Å². The predicted octanol–water partition coefficient (Wildman–Crippen LogP) is 5.99. The van der Waals surface area contributed by atoms with Gasteiger partial charge in [0.2, 0.25) is 0 Å². The number of rotatable bonds is 8. The number of nitrogens with zero attached hydrogens (tertiary/aromatic N) is 3. The van der Waals surface area contributed by atoms with Gasteiger partial charge in [-0.1, -0.05) is 23.7 Å². The van der Waals surface area contributed by atoms with Crippen LogP contribution in [0.1, 0.15) is 22.6 Å². The van der Waals surface area contributed by atoms with E-state index in [0.717, 1.165) is 40.2 Å². The van der Waals surface area contributed by atoms with Crippen molar-refractivity contribution in [3.05, 3.63) is 100 Å². The van der Waals surface area contributed by atoms with Crippen molar-refractivity contribution < 1.29 is 35.1 Å². The van der Waals surface area contributed by atoms with Gasteiger partial charge >= 0.3 is 6.18 Å². The minimum Gasteiger partial charge on any atom is -0.403 e. The van der Waals surface area contributed by atoms with Gasteiger partial charge in [0.05, 0.1) is 22.9 Å². The van der Waals surface area contributed by atoms with Crippen molar-refractivity contribution in [3.63, 3.8) is 0 Å². The maximum Gasteiger partial charge on any atom is 0.434 e. The molecular formula is C28H25ClF5N5O3S. The highest BCUT2D eigenvalue weighted by molar-refractivity contribution is 7.90. The molecule has 3 aromatic carbocycles. The van der Waals surface area contributed by atoms with Crippen LogP contribution in [0.4, 0.5) is 27.6 Å². The largest absolute Gasteiger partial charge is 0.434 e. The molecule has 0 radical (unpaired) electrons. The van der Waals surface area contributed by atoms with Gasteiger partial charge in [0.15, 0.2) is 15.5 Å². The van der Waals surface area contributed by atoms with E-state index in [0.29, 0.717) is 16.8 Å². The van der Waals surface area contributed by atoms with Crippen LogP contribution in [0.3, 0.4) is 0 Å². The lowest BCUT2D eigenvalue weighted by atomic mass is 10.0. The number of anilines is 1. The van der Waals surface area contributed by atoms with Gasteiger partial charge in [-0.05, 0) is 54.4 Å². The Bertz CT molecular complexity index is 1820. The van der Waals surface area contributed by atoms with E-state index in [9.17, 15) is 21.6 Å². The number of nitrogens with two attached hydrogens (primary N) is 2. The van der Waals surface area contributed by atoms with Gasteiger partial charge < -0.3 is 10.5 Å². The van der Waals surface area contributed by atoms with Gasteiger partial charge in [-0.15, -0.1) is 0 Å². The smallest absolute Gasteiger partial charge is 0.403 e. The van der Waals surface area contributed by atoms with Crippen LogP contribution in [0.2, 0.25) is 5.02 Å². The van der Waals surface area contributed by atoms with E-state index in [1.807, 2.05) is 0 Å². The third kappa shape index (κ3) is 6.51. The predicted molar refractivity (Wildman–Crippen MR) is 153 cm³/mol. The molecule has 4 rings (SSSR count). The number of imidazole rings is 1. The second kappa shape index (κ2) is 12.0. The zero-order chi connectivity index (χ0) is 31.9. The van der Waals surface area contributed by atoms with Crippen LogP contribution in [-0.4, -0.2) is 31.3 Å². The van der Waals surface area contributed by atoms with Gasteiger partial charge in [0.25, 0.3) is 0 Å². The summed E-state index contributed by atoms with van der Waals surface area (Å²) in [7, 11) is -2.71. The van der Waals surface area contributed by atoms with Crippen LogP contribution >= 0.6 is 11.6 Å². The molecule has 0 fully saturated rings. The first-order valence-corrected chi connectivity index (χ1v) is 14.5. The molecule has 1 aromatic heterocycles. The topological polar surface area (TPSA) is 116 Å². The van der Waals surface area contributed by atoms with Crippen LogP contribution in [-0.2, 0) is 27.4 Å². The zero-order valence-corrected chi connectivity index (χ0v) is 24.5. The standard InChI is InChI=1S/C28H25ClF5N5O3S/c1-15-37-26(28(32,33)34)13-38(15)27-22(31)9-17(18-8-21(30)20(14-42-2)25(11-18)43(3,40)41)10-23(27)39(36)24(12-35)16-4-6-19(29)7-5-16/h4-13H,14,35-36H2,1-3H3/b24-12-. The van der Waals surface area contributed by atoms with Gasteiger partial charge in [-0.2, -0.15) is 13.2 Å². The molecule has 0 amide bonds. The lowest BCUT2D eigenvalue weighted by Gasteiger charge is -2.26. The second-order valence-electron chi connectivity index (χ2n) is 9.44. The summed E-state index contributed by atoms with van der Waals surface area (Å²) in [6.07, 6.45) is -2.24. The minimum atomic E-state index is -4.83. The van der Waals surface area contributed by atoms with Gasteiger partial charge in [0.1, 0.15) is 23.1 Å². The van der Waals surface area contributed by atoms with Gasteiger partial charge in [0, 0.05) is 41.9 Å². The highest BCUT2D eigenvalue weighted by Gasteiger charge is 2.35. The van der Waals surface area contributed by atoms with E-state index in [1.165, 1.54) is 20.1 Å². The van der Waals surface area contributed by atoms with Crippen molar-refractivity contribution >= 4 is 32.8 Å². The zero-order valence-electron chi connectivity index (χ0n) is 22.9. The molecule has 0 bridgehead atoms. The summed E-state index contributed by atoms with van der Waals surface area (Å²) in [6.45, 7) is 0.894. The molecule has 228 valence electrons. The Morgan fingerprint density at radius 1 is 1.09 bits per heavy atom. The molecule has 0 aliphatic carbocycles. The van der Waals surface area contributed by atoms with Crippen LogP contribution in [0.15, 0.2) is 65.8 Å². The quantitative estimate of drug-likeness (QED) is 0.138. The highest BCUT2D eigenvalue weighted by atomic mass is 35.5. The van der Waals surface area contributed by atoms with Crippen LogP contribution in [0.25, 0.3) is 22.5 Å². The Kier molecular flexibility index (Phi) is 8.88. The number of aromatic nitrogens is 2. The number of hydrazine groups is 1. The summed E-state index contributed by atoms with van der Waals surface area (Å²) in [5.41, 5.74) is 4.15. The summed E-state index contributed by atoms with van der Waals surface area (Å²) in [5, 5.41) is 1.33. The first kappa shape index (κ1) is 31.9. The lowest BCUT2D eigenvalue weighted by molar-refractivity contribution is -0.141. The number of alkyl halides is 3. The van der Waals surface area contributed by atoms with Crippen molar-refractivity contribution in [2.75, 3.05) is 18.4 Å². The highest BCUT2D eigenvalue weighted by Crippen LogP contribution is 2.39. The maximum absolute atomic E-state index is 16.1. The van der Waals surface area contributed by atoms with Gasteiger partial charge in [-0.25, -0.2) is 28.0 Å². The van der Waals surface area contributed by atoms with Crippen LogP contribution < -0.4 is 16.6 Å². The van der Waals surface area contributed by atoms with Crippen molar-refractivity contribution in [1.29, 1.82) is 0 Å². The molecule has 0 spiro atoms. The summed E-state index contributed by atoms with van der Waals surface area (Å²) in [5.74, 6) is 4.23. The number of benzene rings is 3. The van der Waals surface area contributed by atoms with E-state index in [2.05, 4.69) is 4.98 Å². The fraction of sp³-hybridized carbons (Fsp3) is 0.179. The molecule has 0 saturated heterocycles.